The summed E-state index contributed by atoms with van der Waals surface area (Å²) in [6, 6.07) is 12.0. The molecule has 1 heterocycles. The first-order valence-electron chi connectivity index (χ1n) is 11.3. The number of para-hydroxylation sites is 2. The Labute approximate surface area is 196 Å². The normalized spacial score (nSPS) is 14.7. The fraction of sp³-hybridized carbons (Fsp3) is 0.458. The summed E-state index contributed by atoms with van der Waals surface area (Å²) in [5.41, 5.74) is 1.42. The molecule has 9 heteroatoms. The summed E-state index contributed by atoms with van der Waals surface area (Å²) in [5.74, 6) is 1.48. The predicted octanol–water partition coefficient (Wildman–Crippen LogP) is 4.01. The standard InChI is InChI=1S/C24H33N3O5S/c1-4-15-32-22-10-9-20(16-18(22)2)33(29,30)25-17-19-11-13-27(14-12-19)24(28)26-21-7-5-6-8-23(21)31-3/h5-10,16,19,25H,4,11-15,17H2,1-3H3,(H,26,28). The maximum Gasteiger partial charge on any atom is 0.321 e. The first-order chi connectivity index (χ1) is 15.8. The molecule has 2 aromatic rings. The summed E-state index contributed by atoms with van der Waals surface area (Å²) < 4.78 is 39.1. The maximum absolute atomic E-state index is 12.8. The highest BCUT2D eigenvalue weighted by atomic mass is 32.2. The molecule has 0 radical (unpaired) electrons. The van der Waals surface area contributed by atoms with Crippen LogP contribution in [0.3, 0.4) is 0 Å². The van der Waals surface area contributed by atoms with Crippen LogP contribution in [0.25, 0.3) is 0 Å². The van der Waals surface area contributed by atoms with Gasteiger partial charge in [-0.3, -0.25) is 0 Å². The van der Waals surface area contributed by atoms with Crippen LogP contribution < -0.4 is 19.5 Å². The first kappa shape index (κ1) is 24.9. The van der Waals surface area contributed by atoms with Gasteiger partial charge in [0.05, 0.1) is 24.3 Å². The second kappa shape index (κ2) is 11.4. The number of rotatable bonds is 9. The van der Waals surface area contributed by atoms with Gasteiger partial charge in [-0.2, -0.15) is 0 Å². The predicted molar refractivity (Wildman–Crippen MR) is 128 cm³/mol. The van der Waals surface area contributed by atoms with Crippen LogP contribution in [0.4, 0.5) is 10.5 Å². The molecule has 33 heavy (non-hydrogen) atoms. The molecule has 0 aromatic heterocycles. The zero-order valence-corrected chi connectivity index (χ0v) is 20.3. The third kappa shape index (κ3) is 6.61. The number of piperidine rings is 1. The van der Waals surface area contributed by atoms with Gasteiger partial charge in [0.15, 0.2) is 0 Å². The fourth-order valence-corrected chi connectivity index (χ4v) is 4.96. The molecule has 0 saturated carbocycles. The van der Waals surface area contributed by atoms with Crippen LogP contribution in [0, 0.1) is 12.8 Å². The number of sulfonamides is 1. The number of likely N-dealkylation sites (tertiary alicyclic amines) is 1. The molecule has 0 spiro atoms. The number of ether oxygens (including phenoxy) is 2. The molecular weight excluding hydrogens is 442 g/mol. The number of carbonyl (C=O) groups excluding carboxylic acids is 1. The molecule has 1 aliphatic rings. The fourth-order valence-electron chi connectivity index (χ4n) is 3.76. The minimum atomic E-state index is -3.61. The number of urea groups is 1. The number of anilines is 1. The van der Waals surface area contributed by atoms with Gasteiger partial charge in [-0.15, -0.1) is 0 Å². The van der Waals surface area contributed by atoms with Crippen molar-refractivity contribution in [2.45, 2.75) is 38.0 Å². The molecular formula is C24H33N3O5S. The lowest BCUT2D eigenvalue weighted by molar-refractivity contribution is 0.183. The Morgan fingerprint density at radius 2 is 1.85 bits per heavy atom. The number of benzene rings is 2. The van der Waals surface area contributed by atoms with Crippen molar-refractivity contribution in [3.05, 3.63) is 48.0 Å². The van der Waals surface area contributed by atoms with E-state index in [9.17, 15) is 13.2 Å². The quantitative estimate of drug-likeness (QED) is 0.571. The SMILES string of the molecule is CCCOc1ccc(S(=O)(=O)NCC2CCN(C(=O)Nc3ccccc3OC)CC2)cc1C. The molecule has 180 valence electrons. The molecule has 0 aliphatic carbocycles. The van der Waals surface area contributed by atoms with Crippen molar-refractivity contribution in [3.8, 4) is 11.5 Å². The second-order valence-electron chi connectivity index (χ2n) is 8.19. The molecule has 1 saturated heterocycles. The van der Waals surface area contributed by atoms with Crippen LogP contribution in [0.5, 0.6) is 11.5 Å². The zero-order valence-electron chi connectivity index (χ0n) is 19.5. The van der Waals surface area contributed by atoms with Gasteiger partial charge >= 0.3 is 6.03 Å². The Bertz CT molecular complexity index is 1050. The maximum atomic E-state index is 12.8. The Hall–Kier alpha value is -2.78. The van der Waals surface area contributed by atoms with E-state index in [0.717, 1.165) is 24.8 Å². The van der Waals surface area contributed by atoms with Crippen molar-refractivity contribution in [3.63, 3.8) is 0 Å². The molecule has 2 aromatic carbocycles. The van der Waals surface area contributed by atoms with Crippen molar-refractivity contribution >= 4 is 21.7 Å². The third-order valence-corrected chi connectivity index (χ3v) is 7.15. The Kier molecular flexibility index (Phi) is 8.57. The van der Waals surface area contributed by atoms with E-state index in [-0.39, 0.29) is 16.8 Å². The summed E-state index contributed by atoms with van der Waals surface area (Å²) >= 11 is 0. The van der Waals surface area contributed by atoms with Gasteiger partial charge in [-0.05, 0) is 68.0 Å². The number of carbonyl (C=O) groups is 1. The third-order valence-electron chi connectivity index (χ3n) is 5.73. The van der Waals surface area contributed by atoms with Gasteiger partial charge in [-0.1, -0.05) is 19.1 Å². The Morgan fingerprint density at radius 1 is 1.12 bits per heavy atom. The van der Waals surface area contributed by atoms with Crippen LogP contribution in [-0.4, -0.2) is 52.7 Å². The first-order valence-corrected chi connectivity index (χ1v) is 12.7. The number of nitrogens with one attached hydrogen (secondary N) is 2. The van der Waals surface area contributed by atoms with Crippen molar-refractivity contribution in [1.82, 2.24) is 9.62 Å². The number of aryl methyl sites for hydroxylation is 1. The summed E-state index contributed by atoms with van der Waals surface area (Å²) in [7, 11) is -2.05. The molecule has 3 rings (SSSR count). The number of hydrogen-bond acceptors (Lipinski definition) is 5. The lowest BCUT2D eigenvalue weighted by atomic mass is 9.97. The molecule has 8 nitrogen and oxygen atoms in total. The van der Waals surface area contributed by atoms with E-state index in [0.29, 0.717) is 43.4 Å². The summed E-state index contributed by atoms with van der Waals surface area (Å²) in [6.45, 7) is 5.94. The molecule has 2 N–H and O–H groups in total. The van der Waals surface area contributed by atoms with E-state index in [4.69, 9.17) is 9.47 Å². The van der Waals surface area contributed by atoms with Crippen LogP contribution in [0.1, 0.15) is 31.7 Å². The Balaban J connectivity index is 1.49. The van der Waals surface area contributed by atoms with Crippen LogP contribution in [-0.2, 0) is 10.0 Å². The van der Waals surface area contributed by atoms with Crippen molar-refractivity contribution in [1.29, 1.82) is 0 Å². The minimum Gasteiger partial charge on any atom is -0.495 e. The van der Waals surface area contributed by atoms with Gasteiger partial charge in [-0.25, -0.2) is 17.9 Å². The van der Waals surface area contributed by atoms with Crippen LogP contribution in [0.15, 0.2) is 47.4 Å². The smallest absolute Gasteiger partial charge is 0.321 e. The number of hydrogen-bond donors (Lipinski definition) is 2. The van der Waals surface area contributed by atoms with Gasteiger partial charge in [0, 0.05) is 19.6 Å². The highest BCUT2D eigenvalue weighted by molar-refractivity contribution is 7.89. The largest absolute Gasteiger partial charge is 0.495 e. The van der Waals surface area contributed by atoms with Gasteiger partial charge in [0.2, 0.25) is 10.0 Å². The molecule has 0 atom stereocenters. The zero-order chi connectivity index (χ0) is 23.8. The van der Waals surface area contributed by atoms with E-state index in [1.165, 1.54) is 0 Å². The van der Waals surface area contributed by atoms with Crippen molar-refractivity contribution in [2.75, 3.05) is 38.7 Å². The minimum absolute atomic E-state index is 0.170. The molecule has 1 aliphatic heterocycles. The average Bonchev–Trinajstić information content (AvgIpc) is 2.82. The number of nitrogens with zero attached hydrogens (tertiary/aromatic N) is 1. The van der Waals surface area contributed by atoms with E-state index in [1.54, 1.807) is 42.3 Å². The summed E-state index contributed by atoms with van der Waals surface area (Å²) in [5, 5.41) is 2.89. The van der Waals surface area contributed by atoms with Crippen LogP contribution in [0.2, 0.25) is 0 Å². The topological polar surface area (TPSA) is 97.0 Å². The number of methoxy groups -OCH3 is 1. The summed E-state index contributed by atoms with van der Waals surface area (Å²) in [4.78, 5) is 14.6. The molecule has 1 fully saturated rings. The second-order valence-corrected chi connectivity index (χ2v) is 9.96. The highest BCUT2D eigenvalue weighted by Crippen LogP contribution is 2.25. The van der Waals surface area contributed by atoms with Crippen molar-refractivity contribution in [2.24, 2.45) is 5.92 Å². The average molecular weight is 476 g/mol. The van der Waals surface area contributed by atoms with E-state index >= 15 is 0 Å². The highest BCUT2D eigenvalue weighted by Gasteiger charge is 2.25. The van der Waals surface area contributed by atoms with Gasteiger partial charge in [0.25, 0.3) is 0 Å². The molecule has 2 amide bonds. The monoisotopic (exact) mass is 475 g/mol. The van der Waals surface area contributed by atoms with E-state index in [2.05, 4.69) is 10.0 Å². The Morgan fingerprint density at radius 3 is 2.52 bits per heavy atom. The van der Waals surface area contributed by atoms with Crippen LogP contribution >= 0.6 is 0 Å². The lowest BCUT2D eigenvalue weighted by Gasteiger charge is -2.32. The lowest BCUT2D eigenvalue weighted by Crippen LogP contribution is -2.43. The summed E-state index contributed by atoms with van der Waals surface area (Å²) in [6.07, 6.45) is 2.34. The molecule has 0 bridgehead atoms. The van der Waals surface area contributed by atoms with E-state index in [1.807, 2.05) is 26.0 Å². The number of amides is 2. The van der Waals surface area contributed by atoms with Gasteiger partial charge in [0.1, 0.15) is 11.5 Å². The van der Waals surface area contributed by atoms with Crippen molar-refractivity contribution < 1.29 is 22.7 Å². The van der Waals surface area contributed by atoms with E-state index < -0.39 is 10.0 Å². The molecule has 0 unspecified atom stereocenters. The van der Waals surface area contributed by atoms with Gasteiger partial charge < -0.3 is 19.7 Å².